The van der Waals surface area contributed by atoms with E-state index in [9.17, 15) is 4.79 Å². The summed E-state index contributed by atoms with van der Waals surface area (Å²) >= 11 is 0. The number of carbonyl (C=O) groups excluding carboxylic acids is 1. The molecule has 0 spiro atoms. The van der Waals surface area contributed by atoms with Crippen LogP contribution >= 0.6 is 0 Å². The molecule has 0 bridgehead atoms. The molecule has 0 amide bonds. The Morgan fingerprint density at radius 3 is 3.05 bits per heavy atom. The fourth-order valence-electron chi connectivity index (χ4n) is 2.19. The van der Waals surface area contributed by atoms with Gasteiger partial charge in [-0.1, -0.05) is 0 Å². The Bertz CT molecular complexity index is 493. The van der Waals surface area contributed by atoms with E-state index in [0.717, 1.165) is 13.1 Å². The second kappa shape index (κ2) is 7.28. The zero-order chi connectivity index (χ0) is 15.2. The predicted molar refractivity (Wildman–Crippen MR) is 79.5 cm³/mol. The lowest BCUT2D eigenvalue weighted by molar-refractivity contribution is -0.0405. The van der Waals surface area contributed by atoms with Crippen LogP contribution < -0.4 is 10.5 Å². The topological polar surface area (TPSA) is 74.0 Å². The number of nitrogen functional groups attached to an aromatic ring is 1. The van der Waals surface area contributed by atoms with Crippen molar-refractivity contribution in [2.24, 2.45) is 0 Å². The average molecular weight is 294 g/mol. The summed E-state index contributed by atoms with van der Waals surface area (Å²) in [5.41, 5.74) is 6.57. The number of nitrogens with two attached hydrogens (primary N) is 1. The van der Waals surface area contributed by atoms with Gasteiger partial charge >= 0.3 is 5.97 Å². The van der Waals surface area contributed by atoms with Crippen LogP contribution in [0.25, 0.3) is 0 Å². The first kappa shape index (κ1) is 15.6. The number of likely N-dealkylation sites (N-methyl/N-ethyl adjacent to an activating group) is 1. The van der Waals surface area contributed by atoms with E-state index in [1.165, 1.54) is 0 Å². The Kier molecular flexibility index (Phi) is 5.41. The number of esters is 1. The zero-order valence-corrected chi connectivity index (χ0v) is 12.5. The molecule has 1 aromatic carbocycles. The summed E-state index contributed by atoms with van der Waals surface area (Å²) in [6.45, 7) is 4.88. The summed E-state index contributed by atoms with van der Waals surface area (Å²) in [6.07, 6.45) is -0.00338. The monoisotopic (exact) mass is 294 g/mol. The van der Waals surface area contributed by atoms with Crippen molar-refractivity contribution in [1.29, 1.82) is 0 Å². The van der Waals surface area contributed by atoms with Crippen LogP contribution in [0.2, 0.25) is 0 Å². The van der Waals surface area contributed by atoms with E-state index in [0.29, 0.717) is 36.8 Å². The van der Waals surface area contributed by atoms with Gasteiger partial charge in [0, 0.05) is 18.8 Å². The van der Waals surface area contributed by atoms with Gasteiger partial charge in [0.25, 0.3) is 0 Å². The molecule has 0 aromatic heterocycles. The molecule has 2 rings (SSSR count). The second-order valence-corrected chi connectivity index (χ2v) is 5.04. The third-order valence-corrected chi connectivity index (χ3v) is 3.27. The molecule has 6 heteroatoms. The lowest BCUT2D eigenvalue weighted by atomic mass is 10.2. The molecule has 0 radical (unpaired) electrons. The minimum atomic E-state index is -0.429. The molecule has 1 aromatic rings. The van der Waals surface area contributed by atoms with Gasteiger partial charge in [-0.3, -0.25) is 0 Å². The highest BCUT2D eigenvalue weighted by Crippen LogP contribution is 2.23. The maximum absolute atomic E-state index is 11.9. The van der Waals surface area contributed by atoms with Crippen LogP contribution in [-0.2, 0) is 9.47 Å². The number of morpholine rings is 1. The van der Waals surface area contributed by atoms with E-state index in [4.69, 9.17) is 19.9 Å². The summed E-state index contributed by atoms with van der Waals surface area (Å²) in [7, 11) is 2.04. The third-order valence-electron chi connectivity index (χ3n) is 3.27. The maximum atomic E-state index is 11.9. The summed E-state index contributed by atoms with van der Waals surface area (Å²) in [5, 5.41) is 0. The predicted octanol–water partition coefficient (Wildman–Crippen LogP) is 1.15. The van der Waals surface area contributed by atoms with Crippen molar-refractivity contribution in [3.63, 3.8) is 0 Å². The minimum Gasteiger partial charge on any atom is -0.490 e. The maximum Gasteiger partial charge on any atom is 0.341 e. The Labute approximate surface area is 124 Å². The molecule has 0 saturated carbocycles. The highest BCUT2D eigenvalue weighted by molar-refractivity contribution is 5.93. The number of rotatable bonds is 5. The van der Waals surface area contributed by atoms with Gasteiger partial charge in [0.05, 0.1) is 13.2 Å². The van der Waals surface area contributed by atoms with Gasteiger partial charge in [0.15, 0.2) is 0 Å². The SMILES string of the molecule is CCOC(=O)c1cc(N)ccc1OCC1CN(C)CCO1. The Morgan fingerprint density at radius 2 is 2.33 bits per heavy atom. The van der Waals surface area contributed by atoms with Gasteiger partial charge in [-0.25, -0.2) is 4.79 Å². The van der Waals surface area contributed by atoms with E-state index in [1.807, 2.05) is 7.05 Å². The molecular formula is C15H22N2O4. The van der Waals surface area contributed by atoms with E-state index >= 15 is 0 Å². The number of hydrogen-bond acceptors (Lipinski definition) is 6. The second-order valence-electron chi connectivity index (χ2n) is 5.04. The molecule has 1 heterocycles. The van der Waals surface area contributed by atoms with E-state index in [-0.39, 0.29) is 6.10 Å². The molecule has 1 aliphatic heterocycles. The van der Waals surface area contributed by atoms with E-state index in [2.05, 4.69) is 4.90 Å². The van der Waals surface area contributed by atoms with Crippen LogP contribution in [0.15, 0.2) is 18.2 Å². The molecule has 1 aliphatic rings. The molecule has 1 fully saturated rings. The van der Waals surface area contributed by atoms with Crippen molar-refractivity contribution in [3.05, 3.63) is 23.8 Å². The molecule has 21 heavy (non-hydrogen) atoms. The first-order valence-corrected chi connectivity index (χ1v) is 7.09. The highest BCUT2D eigenvalue weighted by atomic mass is 16.5. The number of nitrogens with zero attached hydrogens (tertiary/aromatic N) is 1. The fourth-order valence-corrected chi connectivity index (χ4v) is 2.19. The van der Waals surface area contributed by atoms with Gasteiger partial charge in [-0.15, -0.1) is 0 Å². The van der Waals surface area contributed by atoms with E-state index in [1.54, 1.807) is 25.1 Å². The number of ether oxygens (including phenoxy) is 3. The molecule has 1 saturated heterocycles. The number of benzene rings is 1. The normalized spacial score (nSPS) is 19.2. The van der Waals surface area contributed by atoms with Crippen molar-refractivity contribution in [3.8, 4) is 5.75 Å². The first-order valence-electron chi connectivity index (χ1n) is 7.09. The molecule has 116 valence electrons. The van der Waals surface area contributed by atoms with Crippen LogP contribution in [0, 0.1) is 0 Å². The van der Waals surface area contributed by atoms with Gasteiger partial charge in [-0.05, 0) is 32.2 Å². The summed E-state index contributed by atoms with van der Waals surface area (Å²) < 4.78 is 16.4. The zero-order valence-electron chi connectivity index (χ0n) is 12.5. The standard InChI is InChI=1S/C15H22N2O4/c1-3-19-15(18)13-8-11(16)4-5-14(13)21-10-12-9-17(2)6-7-20-12/h4-5,8,12H,3,6-7,9-10,16H2,1-2H3. The van der Waals surface area contributed by atoms with Crippen LogP contribution in [-0.4, -0.2) is 56.9 Å². The molecular weight excluding hydrogens is 272 g/mol. The Hall–Kier alpha value is -1.79. The highest BCUT2D eigenvalue weighted by Gasteiger charge is 2.20. The first-order chi connectivity index (χ1) is 10.1. The van der Waals surface area contributed by atoms with Crippen molar-refractivity contribution in [2.45, 2.75) is 13.0 Å². The Balaban J connectivity index is 2.03. The van der Waals surface area contributed by atoms with Crippen molar-refractivity contribution in [1.82, 2.24) is 4.90 Å². The van der Waals surface area contributed by atoms with Crippen molar-refractivity contribution in [2.75, 3.05) is 45.7 Å². The molecule has 0 aliphatic carbocycles. The van der Waals surface area contributed by atoms with Crippen LogP contribution in [0.4, 0.5) is 5.69 Å². The smallest absolute Gasteiger partial charge is 0.341 e. The van der Waals surface area contributed by atoms with Crippen molar-refractivity contribution >= 4 is 11.7 Å². The lowest BCUT2D eigenvalue weighted by Gasteiger charge is -2.30. The van der Waals surface area contributed by atoms with Gasteiger partial charge < -0.3 is 24.8 Å². The largest absolute Gasteiger partial charge is 0.490 e. The number of carbonyl (C=O) groups is 1. The molecule has 2 N–H and O–H groups in total. The Morgan fingerprint density at radius 1 is 1.52 bits per heavy atom. The van der Waals surface area contributed by atoms with Crippen molar-refractivity contribution < 1.29 is 19.0 Å². The van der Waals surface area contributed by atoms with Gasteiger partial charge in [0.1, 0.15) is 24.0 Å². The molecule has 6 nitrogen and oxygen atoms in total. The quantitative estimate of drug-likeness (QED) is 0.649. The van der Waals surface area contributed by atoms with Crippen LogP contribution in [0.3, 0.4) is 0 Å². The number of hydrogen-bond donors (Lipinski definition) is 1. The molecule has 1 atom stereocenters. The van der Waals surface area contributed by atoms with Crippen LogP contribution in [0.1, 0.15) is 17.3 Å². The minimum absolute atomic E-state index is 0.00338. The summed E-state index contributed by atoms with van der Waals surface area (Å²) in [5.74, 6) is 0.0426. The fraction of sp³-hybridized carbons (Fsp3) is 0.533. The average Bonchev–Trinajstić information content (AvgIpc) is 2.46. The summed E-state index contributed by atoms with van der Waals surface area (Å²) in [6, 6.07) is 4.96. The number of anilines is 1. The van der Waals surface area contributed by atoms with E-state index < -0.39 is 5.97 Å². The third kappa shape index (κ3) is 4.34. The molecule has 1 unspecified atom stereocenters. The van der Waals surface area contributed by atoms with Crippen LogP contribution in [0.5, 0.6) is 5.75 Å². The lowest BCUT2D eigenvalue weighted by Crippen LogP contribution is -2.42. The van der Waals surface area contributed by atoms with Gasteiger partial charge in [-0.2, -0.15) is 0 Å². The summed E-state index contributed by atoms with van der Waals surface area (Å²) in [4.78, 5) is 14.1. The van der Waals surface area contributed by atoms with Gasteiger partial charge in [0.2, 0.25) is 0 Å².